The van der Waals surface area contributed by atoms with E-state index in [2.05, 4.69) is 18.4 Å². The molecule has 0 aromatic heterocycles. The second kappa shape index (κ2) is 5.03. The van der Waals surface area contributed by atoms with E-state index >= 15 is 0 Å². The van der Waals surface area contributed by atoms with Gasteiger partial charge in [-0.1, -0.05) is 19.1 Å². The van der Waals surface area contributed by atoms with E-state index in [1.807, 2.05) is 23.2 Å². The molecule has 0 N–H and O–H groups in total. The number of nitrogens with zero attached hydrogens (tertiary/aromatic N) is 2. The van der Waals surface area contributed by atoms with Crippen LogP contribution in [0.5, 0.6) is 5.75 Å². The molecule has 1 aromatic carbocycles. The molecule has 81 valence electrons. The third-order valence-electron chi connectivity index (χ3n) is 2.40. The first-order valence-electron chi connectivity index (χ1n) is 5.58. The van der Waals surface area contributed by atoms with E-state index in [1.165, 1.54) is 0 Å². The van der Waals surface area contributed by atoms with E-state index in [0.29, 0.717) is 0 Å². The maximum Gasteiger partial charge on any atom is 0.144 e. The number of benzene rings is 1. The summed E-state index contributed by atoms with van der Waals surface area (Å²) in [5.41, 5.74) is 5.53. The van der Waals surface area contributed by atoms with Crippen LogP contribution in [0.3, 0.4) is 0 Å². The van der Waals surface area contributed by atoms with Gasteiger partial charge in [0.05, 0.1) is 12.3 Å². The molecule has 0 saturated carbocycles. The fourth-order valence-electron chi connectivity index (χ4n) is 1.68. The first-order valence-corrected chi connectivity index (χ1v) is 5.58. The summed E-state index contributed by atoms with van der Waals surface area (Å²) in [6.07, 6.45) is 2.17. The fraction of sp³-hybridized carbons (Fsp3) is 0.500. The Morgan fingerprint density at radius 2 is 2.27 bits per heavy atom. The zero-order chi connectivity index (χ0) is 10.5. The van der Waals surface area contributed by atoms with Crippen molar-refractivity contribution in [3.63, 3.8) is 0 Å². The van der Waals surface area contributed by atoms with Crippen LogP contribution in [0.2, 0.25) is 0 Å². The lowest BCUT2D eigenvalue weighted by atomic mass is 10.3. The molecule has 1 radical (unpaired) electrons. The number of para-hydroxylation sites is 2. The van der Waals surface area contributed by atoms with E-state index in [9.17, 15) is 0 Å². The molecule has 1 heterocycles. The molecule has 1 fully saturated rings. The molecular formula is C12H17N2O. The van der Waals surface area contributed by atoms with Gasteiger partial charge in [0.1, 0.15) is 5.75 Å². The Kier molecular flexibility index (Phi) is 3.45. The molecule has 0 atom stereocenters. The Morgan fingerprint density at radius 3 is 3.00 bits per heavy atom. The lowest BCUT2D eigenvalue weighted by Crippen LogP contribution is -2.24. The maximum absolute atomic E-state index is 5.70. The van der Waals surface area contributed by atoms with Gasteiger partial charge in [0.2, 0.25) is 0 Å². The molecular weight excluding hydrogens is 188 g/mol. The number of anilines is 1. The summed E-state index contributed by atoms with van der Waals surface area (Å²) < 4.78 is 5.70. The largest absolute Gasteiger partial charge is 0.491 e. The minimum Gasteiger partial charge on any atom is -0.491 e. The number of hydrogen-bond donors (Lipinski definition) is 0. The minimum atomic E-state index is 0.769. The number of ether oxygens (including phenoxy) is 1. The predicted molar refractivity (Wildman–Crippen MR) is 61.2 cm³/mol. The molecule has 0 aliphatic carbocycles. The Morgan fingerprint density at radius 1 is 1.40 bits per heavy atom. The first kappa shape index (κ1) is 10.3. The van der Waals surface area contributed by atoms with Crippen molar-refractivity contribution in [2.45, 2.75) is 19.8 Å². The highest BCUT2D eigenvalue weighted by atomic mass is 16.5. The van der Waals surface area contributed by atoms with Gasteiger partial charge in [-0.2, -0.15) is 0 Å². The third-order valence-corrected chi connectivity index (χ3v) is 2.40. The summed E-state index contributed by atoms with van der Waals surface area (Å²) in [4.78, 5) is 0. The lowest BCUT2D eigenvalue weighted by molar-refractivity contribution is 0.317. The summed E-state index contributed by atoms with van der Waals surface area (Å²) >= 11 is 0. The van der Waals surface area contributed by atoms with Crippen molar-refractivity contribution >= 4 is 5.69 Å². The van der Waals surface area contributed by atoms with E-state index in [1.54, 1.807) is 0 Å². The SMILES string of the molecule is CCCOc1ccccc1N1CCC[N]1. The molecule has 1 aliphatic rings. The maximum atomic E-state index is 5.70. The normalized spacial score (nSPS) is 15.7. The molecule has 0 amide bonds. The molecule has 15 heavy (non-hydrogen) atoms. The van der Waals surface area contributed by atoms with Crippen LogP contribution in [-0.4, -0.2) is 19.7 Å². The second-order valence-electron chi connectivity index (χ2n) is 3.66. The van der Waals surface area contributed by atoms with Gasteiger partial charge < -0.3 is 4.74 Å². The van der Waals surface area contributed by atoms with E-state index < -0.39 is 0 Å². The van der Waals surface area contributed by atoms with Gasteiger partial charge in [-0.15, -0.1) is 5.43 Å². The molecule has 1 saturated heterocycles. The van der Waals surface area contributed by atoms with Crippen LogP contribution in [0.4, 0.5) is 5.69 Å². The highest BCUT2D eigenvalue weighted by Gasteiger charge is 2.16. The predicted octanol–water partition coefficient (Wildman–Crippen LogP) is 2.20. The first-order chi connectivity index (χ1) is 7.42. The molecule has 0 unspecified atom stereocenters. The standard InChI is InChI=1S/C12H17N2O/c1-2-10-15-12-7-4-3-6-11(12)14-9-5-8-13-14/h3-4,6-7H,2,5,8-10H2,1H3. The van der Waals surface area contributed by atoms with Gasteiger partial charge in [-0.25, -0.2) is 0 Å². The van der Waals surface area contributed by atoms with E-state index in [-0.39, 0.29) is 0 Å². The minimum absolute atomic E-state index is 0.769. The fourth-order valence-corrected chi connectivity index (χ4v) is 1.68. The quantitative estimate of drug-likeness (QED) is 0.753. The zero-order valence-corrected chi connectivity index (χ0v) is 9.15. The Balaban J connectivity index is 2.13. The van der Waals surface area contributed by atoms with Crippen LogP contribution < -0.4 is 15.2 Å². The summed E-state index contributed by atoms with van der Waals surface area (Å²) in [5, 5.41) is 2.05. The van der Waals surface area contributed by atoms with E-state index in [4.69, 9.17) is 4.74 Å². The smallest absolute Gasteiger partial charge is 0.144 e. The van der Waals surface area contributed by atoms with Crippen molar-refractivity contribution in [3.8, 4) is 5.75 Å². The van der Waals surface area contributed by atoms with Crippen LogP contribution in [0.15, 0.2) is 24.3 Å². The lowest BCUT2D eigenvalue weighted by Gasteiger charge is -2.19. The van der Waals surface area contributed by atoms with Crippen molar-refractivity contribution in [1.82, 2.24) is 5.43 Å². The summed E-state index contributed by atoms with van der Waals surface area (Å²) in [6.45, 7) is 4.82. The third kappa shape index (κ3) is 2.42. The van der Waals surface area contributed by atoms with Crippen LogP contribution in [-0.2, 0) is 0 Å². The van der Waals surface area contributed by atoms with Gasteiger partial charge in [0.15, 0.2) is 0 Å². The number of hydrogen-bond acceptors (Lipinski definition) is 2. The van der Waals surface area contributed by atoms with Crippen molar-refractivity contribution in [2.24, 2.45) is 0 Å². The monoisotopic (exact) mass is 205 g/mol. The molecule has 0 spiro atoms. The summed E-state index contributed by atoms with van der Waals surface area (Å²) in [6, 6.07) is 8.12. The molecule has 1 aromatic rings. The Hall–Kier alpha value is -1.22. The second-order valence-corrected chi connectivity index (χ2v) is 3.66. The topological polar surface area (TPSA) is 26.6 Å². The van der Waals surface area contributed by atoms with Crippen molar-refractivity contribution in [3.05, 3.63) is 24.3 Å². The molecule has 0 bridgehead atoms. The Bertz CT molecular complexity index is 308. The van der Waals surface area contributed by atoms with Gasteiger partial charge in [-0.3, -0.25) is 5.01 Å². The van der Waals surface area contributed by atoms with Gasteiger partial charge in [0.25, 0.3) is 0 Å². The summed E-state index contributed by atoms with van der Waals surface area (Å²) in [5.74, 6) is 0.949. The van der Waals surface area contributed by atoms with Crippen LogP contribution >= 0.6 is 0 Å². The highest BCUT2D eigenvalue weighted by molar-refractivity contribution is 5.57. The highest BCUT2D eigenvalue weighted by Crippen LogP contribution is 2.28. The van der Waals surface area contributed by atoms with Crippen molar-refractivity contribution in [1.29, 1.82) is 0 Å². The van der Waals surface area contributed by atoms with Crippen LogP contribution in [0.25, 0.3) is 0 Å². The average Bonchev–Trinajstić information content (AvgIpc) is 2.80. The molecule has 1 aliphatic heterocycles. The average molecular weight is 205 g/mol. The van der Waals surface area contributed by atoms with Crippen molar-refractivity contribution < 1.29 is 4.74 Å². The van der Waals surface area contributed by atoms with Gasteiger partial charge >= 0.3 is 0 Å². The van der Waals surface area contributed by atoms with Crippen molar-refractivity contribution in [2.75, 3.05) is 24.7 Å². The zero-order valence-electron chi connectivity index (χ0n) is 9.15. The summed E-state index contributed by atoms with van der Waals surface area (Å²) in [7, 11) is 0. The molecule has 3 heteroatoms. The van der Waals surface area contributed by atoms with Gasteiger partial charge in [0, 0.05) is 13.1 Å². The van der Waals surface area contributed by atoms with E-state index in [0.717, 1.165) is 44.0 Å². The Labute approximate surface area is 91.0 Å². The van der Waals surface area contributed by atoms with Gasteiger partial charge in [-0.05, 0) is 25.0 Å². The molecule has 3 nitrogen and oxygen atoms in total. The van der Waals surface area contributed by atoms with Crippen LogP contribution in [0, 0.1) is 0 Å². The number of rotatable bonds is 4. The molecule has 2 rings (SSSR count). The van der Waals surface area contributed by atoms with Crippen LogP contribution in [0.1, 0.15) is 19.8 Å².